The van der Waals surface area contributed by atoms with Gasteiger partial charge in [0.25, 0.3) is 5.91 Å². The molecule has 152 valence electrons. The van der Waals surface area contributed by atoms with Crippen LogP contribution in [-0.2, 0) is 4.79 Å². The Hall–Kier alpha value is -2.36. The molecule has 29 heavy (non-hydrogen) atoms. The number of carbonyl (C=O) groups is 1. The fourth-order valence-electron chi connectivity index (χ4n) is 3.99. The summed E-state index contributed by atoms with van der Waals surface area (Å²) < 4.78 is 10.8. The van der Waals surface area contributed by atoms with Crippen LogP contribution in [0.2, 0.25) is 0 Å². The minimum Gasteiger partial charge on any atom is -0.493 e. The molecule has 0 radical (unpaired) electrons. The lowest BCUT2D eigenvalue weighted by atomic mass is 9.95. The molecule has 3 heterocycles. The first kappa shape index (κ1) is 19.9. The van der Waals surface area contributed by atoms with Gasteiger partial charge in [-0.3, -0.25) is 4.79 Å². The van der Waals surface area contributed by atoms with Crippen LogP contribution in [0.3, 0.4) is 0 Å². The molecular weight excluding hydrogens is 383 g/mol. The van der Waals surface area contributed by atoms with E-state index in [1.54, 1.807) is 20.3 Å². The number of benzene rings is 1. The quantitative estimate of drug-likeness (QED) is 0.745. The molecule has 6 heteroatoms. The van der Waals surface area contributed by atoms with Crippen LogP contribution >= 0.6 is 8.58 Å². The second kappa shape index (κ2) is 8.56. The predicted molar refractivity (Wildman–Crippen MR) is 118 cm³/mol. The topological polar surface area (TPSA) is 50.8 Å². The van der Waals surface area contributed by atoms with Crippen molar-refractivity contribution < 1.29 is 14.3 Å². The number of fused-ring (bicyclic) bond motifs is 1. The number of hydrogen-bond acceptors (Lipinski definition) is 4. The van der Waals surface area contributed by atoms with Crippen LogP contribution in [-0.4, -0.2) is 43.9 Å². The van der Waals surface area contributed by atoms with Crippen LogP contribution in [0.15, 0.2) is 59.3 Å². The van der Waals surface area contributed by atoms with Gasteiger partial charge in [0.05, 0.1) is 20.0 Å². The molecule has 1 aromatic rings. The van der Waals surface area contributed by atoms with E-state index in [1.165, 1.54) is 16.7 Å². The molecule has 0 bridgehead atoms. The predicted octanol–water partition coefficient (Wildman–Crippen LogP) is 4.05. The van der Waals surface area contributed by atoms with E-state index in [4.69, 9.17) is 9.47 Å². The van der Waals surface area contributed by atoms with Crippen LogP contribution in [0.4, 0.5) is 0 Å². The van der Waals surface area contributed by atoms with Gasteiger partial charge in [-0.1, -0.05) is 33.7 Å². The summed E-state index contributed by atoms with van der Waals surface area (Å²) in [5, 5.41) is 4.42. The van der Waals surface area contributed by atoms with Gasteiger partial charge in [-0.05, 0) is 59.1 Å². The number of carbonyl (C=O) groups excluding carboxylic acids is 1. The van der Waals surface area contributed by atoms with Crippen molar-refractivity contribution in [3.63, 3.8) is 0 Å². The Morgan fingerprint density at radius 2 is 2.03 bits per heavy atom. The summed E-state index contributed by atoms with van der Waals surface area (Å²) in [5.74, 6) is 1.52. The van der Waals surface area contributed by atoms with Crippen molar-refractivity contribution in [2.24, 2.45) is 0 Å². The minimum atomic E-state index is 0.0459. The number of rotatable bonds is 5. The molecule has 5 nitrogen and oxygen atoms in total. The summed E-state index contributed by atoms with van der Waals surface area (Å²) >= 11 is 0. The van der Waals surface area contributed by atoms with E-state index in [0.29, 0.717) is 20.1 Å². The fraction of sp³-hybridized carbons (Fsp3) is 0.348. The summed E-state index contributed by atoms with van der Waals surface area (Å²) in [7, 11) is 3.75. The molecule has 1 N–H and O–H groups in total. The Morgan fingerprint density at radius 1 is 1.21 bits per heavy atom. The van der Waals surface area contributed by atoms with E-state index in [9.17, 15) is 4.79 Å². The van der Waals surface area contributed by atoms with Gasteiger partial charge in [0.15, 0.2) is 11.5 Å². The summed E-state index contributed by atoms with van der Waals surface area (Å²) in [4.78, 5) is 15.0. The van der Waals surface area contributed by atoms with Gasteiger partial charge >= 0.3 is 0 Å². The highest BCUT2D eigenvalue weighted by Gasteiger charge is 2.33. The van der Waals surface area contributed by atoms with Gasteiger partial charge in [0.2, 0.25) is 0 Å². The first-order chi connectivity index (χ1) is 14.1. The average Bonchev–Trinajstić information content (AvgIpc) is 2.78. The molecule has 3 aliphatic rings. The largest absolute Gasteiger partial charge is 0.493 e. The monoisotopic (exact) mass is 410 g/mol. The van der Waals surface area contributed by atoms with Crippen molar-refractivity contribution in [1.29, 1.82) is 0 Å². The van der Waals surface area contributed by atoms with Crippen LogP contribution < -0.4 is 14.8 Å². The van der Waals surface area contributed by atoms with E-state index in [1.807, 2.05) is 23.1 Å². The van der Waals surface area contributed by atoms with Crippen LogP contribution in [0.25, 0.3) is 5.31 Å². The maximum absolute atomic E-state index is 13.1. The summed E-state index contributed by atoms with van der Waals surface area (Å²) in [6.45, 7) is 4.05. The van der Waals surface area contributed by atoms with E-state index < -0.39 is 0 Å². The van der Waals surface area contributed by atoms with Crippen molar-refractivity contribution in [3.8, 4) is 11.5 Å². The number of ether oxygens (including phenoxy) is 2. The lowest BCUT2D eigenvalue weighted by molar-refractivity contribution is -0.123. The highest BCUT2D eigenvalue weighted by atomic mass is 31.1. The zero-order chi connectivity index (χ0) is 20.4. The number of amides is 1. The number of hydrogen-bond donors (Lipinski definition) is 1. The third-order valence-corrected chi connectivity index (χ3v) is 7.27. The molecule has 0 saturated carbocycles. The van der Waals surface area contributed by atoms with Gasteiger partial charge in [-0.2, -0.15) is 0 Å². The zero-order valence-electron chi connectivity index (χ0n) is 17.1. The number of nitrogens with zero attached hydrogens (tertiary/aromatic N) is 1. The molecule has 2 unspecified atom stereocenters. The van der Waals surface area contributed by atoms with Crippen LogP contribution in [0.5, 0.6) is 11.5 Å². The van der Waals surface area contributed by atoms with Crippen molar-refractivity contribution >= 4 is 19.8 Å². The standard InChI is InChI=1S/C23H27N2O3P/c1-4-15-11-18(16-7-9-24-10-8-16)14-25-22(26)13-21(29-23(15)25)17-5-6-19(27-2)20(12-17)28-3/h5-7,11-14,23-24,29H,4,8-10H2,1-3H3. The number of nitrogens with one attached hydrogen (secondary N) is 1. The first-order valence-corrected chi connectivity index (χ1v) is 11.1. The smallest absolute Gasteiger partial charge is 0.252 e. The van der Waals surface area contributed by atoms with Gasteiger partial charge < -0.3 is 19.7 Å². The van der Waals surface area contributed by atoms with E-state index in [0.717, 1.165) is 36.8 Å². The van der Waals surface area contributed by atoms with Crippen LogP contribution in [0.1, 0.15) is 25.3 Å². The molecule has 0 aliphatic carbocycles. The SMILES string of the molecule is CCC1=CC(C2=CCNCC2)=CN2C(=O)C=C(c3ccc(OC)c(OC)c3)PC12. The Balaban J connectivity index is 1.67. The fourth-order valence-corrected chi connectivity index (χ4v) is 5.62. The van der Waals surface area contributed by atoms with E-state index >= 15 is 0 Å². The second-order valence-electron chi connectivity index (χ2n) is 7.26. The van der Waals surface area contributed by atoms with Crippen molar-refractivity contribution in [3.05, 3.63) is 64.9 Å². The molecule has 4 rings (SSSR count). The van der Waals surface area contributed by atoms with E-state index in [2.05, 4.69) is 30.6 Å². The normalized spacial score (nSPS) is 22.4. The second-order valence-corrected chi connectivity index (χ2v) is 8.64. The Morgan fingerprint density at radius 3 is 2.72 bits per heavy atom. The summed E-state index contributed by atoms with van der Waals surface area (Å²) in [6, 6.07) is 5.86. The summed E-state index contributed by atoms with van der Waals surface area (Å²) in [5.41, 5.74) is 4.85. The lowest BCUT2D eigenvalue weighted by Crippen LogP contribution is -2.38. The van der Waals surface area contributed by atoms with Crippen molar-refractivity contribution in [2.45, 2.75) is 25.5 Å². The van der Waals surface area contributed by atoms with Gasteiger partial charge in [-0.25, -0.2) is 0 Å². The molecular formula is C23H27N2O3P. The molecule has 0 saturated heterocycles. The third-order valence-electron chi connectivity index (χ3n) is 5.60. The minimum absolute atomic E-state index is 0.0459. The molecule has 3 aliphatic heterocycles. The molecule has 1 amide bonds. The number of allylic oxidation sites excluding steroid dienone is 2. The summed E-state index contributed by atoms with van der Waals surface area (Å²) in [6.07, 6.45) is 10.3. The van der Waals surface area contributed by atoms with Crippen molar-refractivity contribution in [1.82, 2.24) is 10.2 Å². The van der Waals surface area contributed by atoms with Gasteiger partial charge in [0, 0.05) is 18.8 Å². The molecule has 1 aromatic carbocycles. The van der Waals surface area contributed by atoms with Crippen LogP contribution in [0, 0.1) is 0 Å². The molecule has 2 atom stereocenters. The Labute approximate surface area is 173 Å². The Kier molecular flexibility index (Phi) is 5.89. The maximum Gasteiger partial charge on any atom is 0.252 e. The highest BCUT2D eigenvalue weighted by molar-refractivity contribution is 7.51. The highest BCUT2D eigenvalue weighted by Crippen LogP contribution is 2.49. The number of methoxy groups -OCH3 is 2. The average molecular weight is 410 g/mol. The maximum atomic E-state index is 13.1. The molecule has 0 aromatic heterocycles. The molecule has 0 spiro atoms. The van der Waals surface area contributed by atoms with E-state index in [-0.39, 0.29) is 11.7 Å². The van der Waals surface area contributed by atoms with Gasteiger partial charge in [-0.15, -0.1) is 0 Å². The van der Waals surface area contributed by atoms with Gasteiger partial charge in [0.1, 0.15) is 0 Å². The van der Waals surface area contributed by atoms with Crippen molar-refractivity contribution in [2.75, 3.05) is 27.3 Å². The Bertz CT molecular complexity index is 945. The molecule has 0 fully saturated rings. The third kappa shape index (κ3) is 3.90. The zero-order valence-corrected chi connectivity index (χ0v) is 18.1. The first-order valence-electron chi connectivity index (χ1n) is 10.00. The lowest BCUT2D eigenvalue weighted by Gasteiger charge is -2.38.